The normalized spacial score (nSPS) is 18.6. The first-order valence-electron chi connectivity index (χ1n) is 29.6. The van der Waals surface area contributed by atoms with E-state index in [1.54, 1.807) is 0 Å². The molecule has 0 amide bonds. The van der Waals surface area contributed by atoms with Gasteiger partial charge in [0, 0.05) is 19.3 Å². The highest BCUT2D eigenvalue weighted by Crippen LogP contribution is 2.26. The molecule has 0 aromatic carbocycles. The van der Waals surface area contributed by atoms with Crippen LogP contribution in [0, 0.1) is 0 Å². The van der Waals surface area contributed by atoms with E-state index in [9.17, 15) is 34.5 Å². The molecule has 0 spiro atoms. The third-order valence-electron chi connectivity index (χ3n) is 13.3. The molecule has 12 nitrogen and oxygen atoms in total. The van der Waals surface area contributed by atoms with E-state index >= 15 is 0 Å². The van der Waals surface area contributed by atoms with Crippen LogP contribution in [0.5, 0.6) is 0 Å². The van der Waals surface area contributed by atoms with Crippen molar-refractivity contribution in [1.29, 1.82) is 0 Å². The van der Waals surface area contributed by atoms with Crippen molar-refractivity contribution < 1.29 is 58.2 Å². The Morgan fingerprint density at radius 3 is 1.29 bits per heavy atom. The van der Waals surface area contributed by atoms with Gasteiger partial charge in [0.1, 0.15) is 18.8 Å². The zero-order chi connectivity index (χ0) is 53.3. The van der Waals surface area contributed by atoms with Gasteiger partial charge in [0.15, 0.2) is 24.6 Å². The Morgan fingerprint density at radius 2 is 0.822 bits per heavy atom. The van der Waals surface area contributed by atoms with E-state index in [0.29, 0.717) is 19.3 Å². The Labute approximate surface area is 443 Å². The van der Waals surface area contributed by atoms with Crippen LogP contribution < -0.4 is 0 Å². The molecule has 0 radical (unpaired) electrons. The van der Waals surface area contributed by atoms with Crippen LogP contribution in [0.2, 0.25) is 0 Å². The number of carbonyl (C=O) groups excluding carboxylic acids is 3. The van der Waals surface area contributed by atoms with Gasteiger partial charge >= 0.3 is 23.9 Å². The SMILES string of the molecule is CCCCC/C=C\C/C=C\CCCCCCCC(=O)OC1C(OCC(COC(=O)CCCCCCC/C=C\CCCCCCCC)OC(=O)CCCCCCC/C=C\CCCCCC)OC(C(=O)O)C(O)C1O. The molecule has 0 saturated carbocycles. The summed E-state index contributed by atoms with van der Waals surface area (Å²) in [5.74, 6) is -3.15. The van der Waals surface area contributed by atoms with Crippen molar-refractivity contribution in [3.63, 3.8) is 0 Å². The largest absolute Gasteiger partial charge is 0.479 e. The molecule has 6 unspecified atom stereocenters. The van der Waals surface area contributed by atoms with Gasteiger partial charge in [0.05, 0.1) is 6.61 Å². The topological polar surface area (TPSA) is 175 Å². The van der Waals surface area contributed by atoms with Crippen LogP contribution in [0.1, 0.15) is 265 Å². The highest BCUT2D eigenvalue weighted by Gasteiger charge is 2.50. The number of aliphatic carboxylic acids is 1. The van der Waals surface area contributed by atoms with Gasteiger partial charge in [-0.2, -0.15) is 0 Å². The first kappa shape index (κ1) is 67.7. The minimum atomic E-state index is -1.91. The molecule has 0 aromatic rings. The van der Waals surface area contributed by atoms with Gasteiger partial charge in [0.2, 0.25) is 0 Å². The van der Waals surface area contributed by atoms with Crippen molar-refractivity contribution >= 4 is 23.9 Å². The second-order valence-corrected chi connectivity index (χ2v) is 20.3. The van der Waals surface area contributed by atoms with Gasteiger partial charge in [-0.1, -0.05) is 191 Å². The minimum Gasteiger partial charge on any atom is -0.479 e. The fourth-order valence-corrected chi connectivity index (χ4v) is 8.74. The van der Waals surface area contributed by atoms with Crippen LogP contribution in [-0.2, 0) is 42.9 Å². The van der Waals surface area contributed by atoms with Gasteiger partial charge in [-0.25, -0.2) is 4.79 Å². The fraction of sp³-hybridized carbons (Fsp3) is 0.803. The Kier molecular flexibility index (Phi) is 45.9. The zero-order valence-electron chi connectivity index (χ0n) is 46.4. The maximum Gasteiger partial charge on any atom is 0.335 e. The third-order valence-corrected chi connectivity index (χ3v) is 13.3. The van der Waals surface area contributed by atoms with Gasteiger partial charge in [0.25, 0.3) is 0 Å². The molecular weight excluding hydrogens is 925 g/mol. The van der Waals surface area contributed by atoms with Crippen LogP contribution in [0.15, 0.2) is 48.6 Å². The fourth-order valence-electron chi connectivity index (χ4n) is 8.74. The molecule has 6 atom stereocenters. The van der Waals surface area contributed by atoms with E-state index in [0.717, 1.165) is 122 Å². The Balaban J connectivity index is 2.71. The molecule has 1 aliphatic rings. The first-order chi connectivity index (χ1) is 35.6. The van der Waals surface area contributed by atoms with Crippen LogP contribution in [0.4, 0.5) is 0 Å². The summed E-state index contributed by atoms with van der Waals surface area (Å²) in [4.78, 5) is 51.1. The number of hydrogen-bond acceptors (Lipinski definition) is 11. The number of rotatable bonds is 50. The second kappa shape index (κ2) is 49.6. The zero-order valence-corrected chi connectivity index (χ0v) is 46.4. The lowest BCUT2D eigenvalue weighted by molar-refractivity contribution is -0.301. The number of carboxylic acids is 1. The minimum absolute atomic E-state index is 0.0437. The number of allylic oxidation sites excluding steroid dienone is 8. The maximum absolute atomic E-state index is 13.1. The summed E-state index contributed by atoms with van der Waals surface area (Å²) in [6.45, 7) is 5.93. The average molecular weight is 1030 g/mol. The number of unbranched alkanes of at least 4 members (excludes halogenated alkanes) is 28. The molecule has 1 aliphatic heterocycles. The second-order valence-electron chi connectivity index (χ2n) is 20.3. The van der Waals surface area contributed by atoms with E-state index in [-0.39, 0.29) is 25.9 Å². The first-order valence-corrected chi connectivity index (χ1v) is 29.6. The molecular formula is C61H106O12. The summed E-state index contributed by atoms with van der Waals surface area (Å²) in [6, 6.07) is 0. The monoisotopic (exact) mass is 1030 g/mol. The molecule has 422 valence electrons. The van der Waals surface area contributed by atoms with Crippen LogP contribution >= 0.6 is 0 Å². The van der Waals surface area contributed by atoms with E-state index in [1.165, 1.54) is 83.5 Å². The summed E-state index contributed by atoms with van der Waals surface area (Å²) < 4.78 is 28.4. The molecule has 3 N–H and O–H groups in total. The standard InChI is InChI=1S/C61H106O12/c1-4-7-10-13-16-19-22-25-27-30-32-35-38-41-44-47-53(62)69-50-52(71-54(63)48-45-42-39-36-33-29-24-21-18-15-12-9-6-3)51-70-61-59(57(66)56(65)58(73-61)60(67)68)72-55(64)49-46-43-40-37-34-31-28-26-23-20-17-14-11-8-5-2/h17,20-21,24-28,52,56-59,61,65-66H,4-16,18-19,22-23,29-51H2,1-3H3,(H,67,68)/b20-17-,24-21-,27-25-,28-26-. The summed E-state index contributed by atoms with van der Waals surface area (Å²) in [5, 5.41) is 31.5. The van der Waals surface area contributed by atoms with Crippen LogP contribution in [-0.4, -0.2) is 89.2 Å². The highest BCUT2D eigenvalue weighted by atomic mass is 16.7. The highest BCUT2D eigenvalue weighted by molar-refractivity contribution is 5.74. The lowest BCUT2D eigenvalue weighted by Crippen LogP contribution is -2.61. The summed E-state index contributed by atoms with van der Waals surface area (Å²) in [5.41, 5.74) is 0. The molecule has 0 aliphatic carbocycles. The Hall–Kier alpha value is -3.32. The van der Waals surface area contributed by atoms with E-state index in [1.807, 2.05) is 0 Å². The molecule has 73 heavy (non-hydrogen) atoms. The number of carboxylic acid groups (broad SMARTS) is 1. The lowest BCUT2D eigenvalue weighted by Gasteiger charge is -2.40. The molecule has 0 aromatic heterocycles. The Morgan fingerprint density at radius 1 is 0.452 bits per heavy atom. The lowest BCUT2D eigenvalue weighted by atomic mass is 9.98. The molecule has 1 heterocycles. The molecule has 0 bridgehead atoms. The van der Waals surface area contributed by atoms with Crippen molar-refractivity contribution in [2.75, 3.05) is 13.2 Å². The maximum atomic E-state index is 13.1. The predicted molar refractivity (Wildman–Crippen MR) is 294 cm³/mol. The molecule has 1 fully saturated rings. The average Bonchev–Trinajstić information content (AvgIpc) is 3.37. The van der Waals surface area contributed by atoms with Crippen LogP contribution in [0.25, 0.3) is 0 Å². The number of aliphatic hydroxyl groups is 2. The predicted octanol–water partition coefficient (Wildman–Crippen LogP) is 15.0. The number of esters is 3. The van der Waals surface area contributed by atoms with Crippen molar-refractivity contribution in [2.45, 2.75) is 302 Å². The van der Waals surface area contributed by atoms with Crippen LogP contribution in [0.3, 0.4) is 0 Å². The third kappa shape index (κ3) is 39.7. The molecule has 1 saturated heterocycles. The Bertz CT molecular complexity index is 1460. The quantitative estimate of drug-likeness (QED) is 0.0228. The number of carbonyl (C=O) groups is 4. The van der Waals surface area contributed by atoms with Crippen molar-refractivity contribution in [3.05, 3.63) is 48.6 Å². The number of aliphatic hydroxyl groups excluding tert-OH is 2. The van der Waals surface area contributed by atoms with Crippen molar-refractivity contribution in [1.82, 2.24) is 0 Å². The number of hydrogen-bond donors (Lipinski definition) is 3. The van der Waals surface area contributed by atoms with Gasteiger partial charge in [-0.05, 0) is 103 Å². The smallest absolute Gasteiger partial charge is 0.335 e. The number of ether oxygens (including phenoxy) is 5. The summed E-state index contributed by atoms with van der Waals surface area (Å²) in [7, 11) is 0. The molecule has 1 rings (SSSR count). The van der Waals surface area contributed by atoms with E-state index < -0.39 is 67.3 Å². The van der Waals surface area contributed by atoms with Gasteiger partial charge in [-0.15, -0.1) is 0 Å². The summed E-state index contributed by atoms with van der Waals surface area (Å²) in [6.07, 6.45) is 46.5. The van der Waals surface area contributed by atoms with Crippen molar-refractivity contribution in [2.24, 2.45) is 0 Å². The van der Waals surface area contributed by atoms with Gasteiger partial charge < -0.3 is 39.0 Å². The molecule has 12 heteroatoms. The van der Waals surface area contributed by atoms with Crippen molar-refractivity contribution in [3.8, 4) is 0 Å². The van der Waals surface area contributed by atoms with E-state index in [2.05, 4.69) is 69.4 Å². The summed E-state index contributed by atoms with van der Waals surface area (Å²) >= 11 is 0. The van der Waals surface area contributed by atoms with E-state index in [4.69, 9.17) is 23.7 Å². The van der Waals surface area contributed by atoms with Gasteiger partial charge in [-0.3, -0.25) is 14.4 Å².